The highest BCUT2D eigenvalue weighted by molar-refractivity contribution is 14.0. The van der Waals surface area contributed by atoms with Crippen molar-refractivity contribution in [3.63, 3.8) is 0 Å². The third kappa shape index (κ3) is 5.77. The van der Waals surface area contributed by atoms with Crippen LogP contribution in [0.4, 0.5) is 4.39 Å². The molecule has 0 aromatic heterocycles. The summed E-state index contributed by atoms with van der Waals surface area (Å²) < 4.78 is 19.4. The van der Waals surface area contributed by atoms with Crippen LogP contribution >= 0.6 is 24.0 Å². The van der Waals surface area contributed by atoms with E-state index in [1.807, 2.05) is 13.0 Å². The molecule has 1 N–H and O–H groups in total. The maximum Gasteiger partial charge on any atom is 0.194 e. The molecule has 8 heteroatoms. The molecule has 0 aliphatic carbocycles. The fourth-order valence-corrected chi connectivity index (χ4v) is 3.53. The smallest absolute Gasteiger partial charge is 0.194 e. The molecule has 2 aliphatic rings. The van der Waals surface area contributed by atoms with Gasteiger partial charge in [-0.05, 0) is 31.5 Å². The number of halogens is 2. The predicted octanol–water partition coefficient (Wildman–Crippen LogP) is 2.19. The average molecular weight is 487 g/mol. The summed E-state index contributed by atoms with van der Waals surface area (Å²) in [5.74, 6) is 0.487. The Kier molecular flexibility index (Phi) is 8.73. The second-order valence-electron chi connectivity index (χ2n) is 6.63. The lowest BCUT2D eigenvalue weighted by Gasteiger charge is -2.32. The summed E-state index contributed by atoms with van der Waals surface area (Å²) in [4.78, 5) is 9.36. The first-order valence-electron chi connectivity index (χ1n) is 9.25. The van der Waals surface area contributed by atoms with Crippen molar-refractivity contribution in [2.45, 2.75) is 25.9 Å². The quantitative estimate of drug-likeness (QED) is 0.401. The second-order valence-corrected chi connectivity index (χ2v) is 6.63. The molecule has 2 saturated heterocycles. The van der Waals surface area contributed by atoms with E-state index in [0.717, 1.165) is 58.3 Å². The first kappa shape index (κ1) is 21.9. The standard InChI is InChI=1S/C19H26FN5O.HI/c1-2-22-19(23-13-16-11-15(12-21)3-4-18(16)20)25-6-5-17(14-25)24-7-9-26-10-8-24;/h3-4,11,17H,2,5-10,13-14H2,1H3,(H,22,23);1H. The number of nitriles is 1. The molecule has 2 fully saturated rings. The number of likely N-dealkylation sites (tertiary alicyclic amines) is 1. The van der Waals surface area contributed by atoms with Gasteiger partial charge in [0.1, 0.15) is 5.82 Å². The van der Waals surface area contributed by atoms with Gasteiger partial charge in [-0.1, -0.05) is 0 Å². The summed E-state index contributed by atoms with van der Waals surface area (Å²) in [6.07, 6.45) is 1.10. The van der Waals surface area contributed by atoms with Gasteiger partial charge in [0.05, 0.1) is 31.4 Å². The lowest BCUT2D eigenvalue weighted by Crippen LogP contribution is -2.46. The molecule has 0 amide bonds. The van der Waals surface area contributed by atoms with Crippen LogP contribution < -0.4 is 5.32 Å². The van der Waals surface area contributed by atoms with Crippen molar-refractivity contribution in [1.82, 2.24) is 15.1 Å². The van der Waals surface area contributed by atoms with E-state index in [0.29, 0.717) is 17.2 Å². The van der Waals surface area contributed by atoms with E-state index < -0.39 is 0 Å². The predicted molar refractivity (Wildman–Crippen MR) is 114 cm³/mol. The van der Waals surface area contributed by atoms with E-state index >= 15 is 0 Å². The van der Waals surface area contributed by atoms with Gasteiger partial charge in [0.15, 0.2) is 5.96 Å². The fourth-order valence-electron chi connectivity index (χ4n) is 3.53. The number of benzene rings is 1. The van der Waals surface area contributed by atoms with E-state index in [4.69, 9.17) is 10.00 Å². The topological polar surface area (TPSA) is 63.9 Å². The van der Waals surface area contributed by atoms with Crippen molar-refractivity contribution in [3.8, 4) is 6.07 Å². The van der Waals surface area contributed by atoms with Crippen LogP contribution in [0, 0.1) is 17.1 Å². The number of rotatable bonds is 4. The molecule has 1 aromatic carbocycles. The summed E-state index contributed by atoms with van der Waals surface area (Å²) in [5.41, 5.74) is 0.901. The van der Waals surface area contributed by atoms with Crippen molar-refractivity contribution >= 4 is 29.9 Å². The van der Waals surface area contributed by atoms with Gasteiger partial charge in [-0.2, -0.15) is 5.26 Å². The Morgan fingerprint density at radius 1 is 1.37 bits per heavy atom. The van der Waals surface area contributed by atoms with E-state index in [2.05, 4.69) is 20.1 Å². The molecule has 1 unspecified atom stereocenters. The summed E-state index contributed by atoms with van der Waals surface area (Å²) in [6, 6.07) is 6.96. The van der Waals surface area contributed by atoms with Crippen LogP contribution in [0.2, 0.25) is 0 Å². The van der Waals surface area contributed by atoms with Crippen LogP contribution in [0.3, 0.4) is 0 Å². The van der Waals surface area contributed by atoms with Crippen LogP contribution in [0.15, 0.2) is 23.2 Å². The zero-order valence-corrected chi connectivity index (χ0v) is 18.0. The zero-order chi connectivity index (χ0) is 18.4. The van der Waals surface area contributed by atoms with Crippen LogP contribution in [0.1, 0.15) is 24.5 Å². The van der Waals surface area contributed by atoms with Gasteiger partial charge in [-0.3, -0.25) is 4.90 Å². The molecule has 6 nitrogen and oxygen atoms in total. The fraction of sp³-hybridized carbons (Fsp3) is 0.579. The van der Waals surface area contributed by atoms with Gasteiger partial charge in [-0.15, -0.1) is 24.0 Å². The van der Waals surface area contributed by atoms with Crippen LogP contribution in [0.25, 0.3) is 0 Å². The normalized spacial score (nSPS) is 20.9. The second kappa shape index (κ2) is 10.8. The molecule has 2 heterocycles. The summed E-state index contributed by atoms with van der Waals surface area (Å²) >= 11 is 0. The Labute approximate surface area is 177 Å². The Hall–Kier alpha value is -1.44. The van der Waals surface area contributed by atoms with Gasteiger partial charge in [0, 0.05) is 44.3 Å². The highest BCUT2D eigenvalue weighted by atomic mass is 127. The molecule has 0 spiro atoms. The van der Waals surface area contributed by atoms with Crippen LogP contribution in [0.5, 0.6) is 0 Å². The van der Waals surface area contributed by atoms with Gasteiger partial charge < -0.3 is 15.0 Å². The zero-order valence-electron chi connectivity index (χ0n) is 15.7. The summed E-state index contributed by atoms with van der Waals surface area (Å²) in [7, 11) is 0. The molecular formula is C19H27FIN5O. The molecule has 1 atom stereocenters. The van der Waals surface area contributed by atoms with Gasteiger partial charge >= 0.3 is 0 Å². The van der Waals surface area contributed by atoms with Crippen molar-refractivity contribution in [1.29, 1.82) is 5.26 Å². The van der Waals surface area contributed by atoms with E-state index in [-0.39, 0.29) is 36.3 Å². The molecular weight excluding hydrogens is 460 g/mol. The van der Waals surface area contributed by atoms with Crippen molar-refractivity contribution in [3.05, 3.63) is 35.1 Å². The number of nitrogens with zero attached hydrogens (tertiary/aromatic N) is 4. The largest absolute Gasteiger partial charge is 0.379 e. The first-order valence-corrected chi connectivity index (χ1v) is 9.25. The Morgan fingerprint density at radius 2 is 2.15 bits per heavy atom. The van der Waals surface area contributed by atoms with Crippen molar-refractivity contribution in [2.75, 3.05) is 45.9 Å². The van der Waals surface area contributed by atoms with Gasteiger partial charge in [-0.25, -0.2) is 9.38 Å². The summed E-state index contributed by atoms with van der Waals surface area (Å²) in [6.45, 7) is 8.46. The van der Waals surface area contributed by atoms with Crippen LogP contribution in [-0.4, -0.2) is 67.7 Å². The maximum absolute atomic E-state index is 14.0. The SMILES string of the molecule is CCNC(=NCc1cc(C#N)ccc1F)N1CCC(N2CCOCC2)C1.I. The molecule has 0 bridgehead atoms. The molecule has 2 aliphatic heterocycles. The number of morpholine rings is 1. The number of nitrogens with one attached hydrogen (secondary N) is 1. The molecule has 3 rings (SSSR count). The Bertz CT molecular complexity index is 687. The Balaban J connectivity index is 0.00000261. The number of ether oxygens (including phenoxy) is 1. The molecule has 0 radical (unpaired) electrons. The molecule has 1 aromatic rings. The number of hydrogen-bond donors (Lipinski definition) is 1. The van der Waals surface area contributed by atoms with E-state index in [1.165, 1.54) is 12.1 Å². The van der Waals surface area contributed by atoms with Gasteiger partial charge in [0.25, 0.3) is 0 Å². The third-order valence-electron chi connectivity index (χ3n) is 4.93. The lowest BCUT2D eigenvalue weighted by molar-refractivity contribution is 0.0195. The van der Waals surface area contributed by atoms with E-state index in [1.54, 1.807) is 6.07 Å². The Morgan fingerprint density at radius 3 is 2.85 bits per heavy atom. The number of aliphatic imine (C=N–C) groups is 1. The van der Waals surface area contributed by atoms with Crippen LogP contribution in [-0.2, 0) is 11.3 Å². The minimum Gasteiger partial charge on any atom is -0.379 e. The highest BCUT2D eigenvalue weighted by Crippen LogP contribution is 2.18. The van der Waals surface area contributed by atoms with E-state index in [9.17, 15) is 4.39 Å². The molecule has 148 valence electrons. The van der Waals surface area contributed by atoms with Gasteiger partial charge in [0.2, 0.25) is 0 Å². The average Bonchev–Trinajstić information content (AvgIpc) is 3.17. The lowest BCUT2D eigenvalue weighted by atomic mass is 10.1. The minimum absolute atomic E-state index is 0. The minimum atomic E-state index is -0.323. The first-order chi connectivity index (χ1) is 12.7. The maximum atomic E-state index is 14.0. The number of guanidine groups is 1. The molecule has 27 heavy (non-hydrogen) atoms. The van der Waals surface area contributed by atoms with Crippen molar-refractivity contribution in [2.24, 2.45) is 4.99 Å². The van der Waals surface area contributed by atoms with Crippen molar-refractivity contribution < 1.29 is 9.13 Å². The monoisotopic (exact) mass is 487 g/mol. The number of hydrogen-bond acceptors (Lipinski definition) is 4. The summed E-state index contributed by atoms with van der Waals surface area (Å²) in [5, 5.41) is 12.3. The molecule has 0 saturated carbocycles. The third-order valence-corrected chi connectivity index (χ3v) is 4.93. The highest BCUT2D eigenvalue weighted by Gasteiger charge is 2.30.